The number of halogens is 1. The molecule has 0 saturated heterocycles. The molecule has 134 valence electrons. The Labute approximate surface area is 167 Å². The van der Waals surface area contributed by atoms with Gasteiger partial charge in [0.2, 0.25) is 5.71 Å². The number of fused-ring (bicyclic) bond motifs is 1. The van der Waals surface area contributed by atoms with Gasteiger partial charge in [-0.1, -0.05) is 36.4 Å². The van der Waals surface area contributed by atoms with Crippen LogP contribution in [0.5, 0.6) is 0 Å². The summed E-state index contributed by atoms with van der Waals surface area (Å²) in [7, 11) is 0. The van der Waals surface area contributed by atoms with E-state index >= 15 is 0 Å². The van der Waals surface area contributed by atoms with E-state index in [-0.39, 0.29) is 20.5 Å². The number of hydrogen-bond donors (Lipinski definition) is 0. The first-order valence-corrected chi connectivity index (χ1v) is 9.32. The number of aromatic nitrogens is 2. The van der Waals surface area contributed by atoms with Gasteiger partial charge in [-0.05, 0) is 64.9 Å². The van der Waals surface area contributed by atoms with Crippen LogP contribution in [0.4, 0.5) is 0 Å². The summed E-state index contributed by atoms with van der Waals surface area (Å²) in [6.45, 7) is 1.71. The Bertz CT molecular complexity index is 1340. The minimum absolute atomic E-state index is 0.133. The maximum absolute atomic E-state index is 13.3. The zero-order chi connectivity index (χ0) is 19.1. The lowest BCUT2D eigenvalue weighted by Gasteiger charge is -2.16. The number of para-hydroxylation sites is 2. The summed E-state index contributed by atoms with van der Waals surface area (Å²) < 4.78 is 8.99. The highest BCUT2D eigenvalue weighted by Gasteiger charge is 2.20. The largest absolute Gasteiger partial charge is 0.404 e. The second kappa shape index (κ2) is 6.75. The van der Waals surface area contributed by atoms with E-state index in [0.717, 1.165) is 0 Å². The highest BCUT2D eigenvalue weighted by atomic mass is 79.9. The molecule has 2 heterocycles. The Kier molecular flexibility index (Phi) is 4.41. The maximum Gasteiger partial charge on any atom is 0.352 e. The van der Waals surface area contributed by atoms with Gasteiger partial charge in [0.1, 0.15) is 9.86 Å². The normalized spacial score (nSPS) is 11.0. The van der Waals surface area contributed by atoms with Crippen molar-refractivity contribution < 1.29 is 4.42 Å². The summed E-state index contributed by atoms with van der Waals surface area (Å²) in [5.41, 5.74) is 1.08. The van der Waals surface area contributed by atoms with Crippen LogP contribution in [-0.2, 0) is 0 Å². The van der Waals surface area contributed by atoms with Crippen LogP contribution in [0.1, 0.15) is 5.56 Å². The molecule has 2 aromatic carbocycles. The molecular weight excluding hydrogens is 428 g/mol. The Balaban J connectivity index is 2.30. The van der Waals surface area contributed by atoms with Crippen LogP contribution in [-0.4, -0.2) is 9.13 Å². The summed E-state index contributed by atoms with van der Waals surface area (Å²) in [6, 6.07) is 18.4. The average Bonchev–Trinajstić information content (AvgIpc) is 2.68. The fourth-order valence-corrected chi connectivity index (χ4v) is 3.67. The van der Waals surface area contributed by atoms with Crippen LogP contribution in [0.3, 0.4) is 0 Å². The SMILES string of the molecule is Cc1c(Br)c(=O)oc2c1c(=O)n(-c1ccccc1)c(=S)n2-c1ccccc1. The molecule has 2 aromatic heterocycles. The van der Waals surface area contributed by atoms with E-state index in [9.17, 15) is 9.59 Å². The molecule has 0 bridgehead atoms. The van der Waals surface area contributed by atoms with Crippen LogP contribution >= 0.6 is 28.1 Å². The Morgan fingerprint density at radius 2 is 1.41 bits per heavy atom. The molecule has 0 aliphatic rings. The number of nitrogens with zero attached hydrogens (tertiary/aromatic N) is 2. The van der Waals surface area contributed by atoms with Crippen molar-refractivity contribution in [3.05, 3.63) is 96.2 Å². The number of hydrogen-bond acceptors (Lipinski definition) is 4. The van der Waals surface area contributed by atoms with E-state index in [1.54, 1.807) is 11.5 Å². The number of aryl methyl sites for hydroxylation is 1. The first-order chi connectivity index (χ1) is 13.0. The molecule has 7 heteroatoms. The molecule has 0 saturated carbocycles. The van der Waals surface area contributed by atoms with Crippen LogP contribution in [0, 0.1) is 11.7 Å². The Hall–Kier alpha value is -2.77. The molecular formula is C20H13BrN2O3S. The van der Waals surface area contributed by atoms with Gasteiger partial charge in [0.15, 0.2) is 4.77 Å². The predicted molar refractivity (Wildman–Crippen MR) is 111 cm³/mol. The highest BCUT2D eigenvalue weighted by Crippen LogP contribution is 2.24. The topological polar surface area (TPSA) is 57.1 Å². The van der Waals surface area contributed by atoms with Crippen LogP contribution in [0.25, 0.3) is 22.5 Å². The maximum atomic E-state index is 13.3. The van der Waals surface area contributed by atoms with Crippen molar-refractivity contribution in [2.75, 3.05) is 0 Å². The fraction of sp³-hybridized carbons (Fsp3) is 0.0500. The van der Waals surface area contributed by atoms with Crippen molar-refractivity contribution in [2.45, 2.75) is 6.92 Å². The average molecular weight is 441 g/mol. The van der Waals surface area contributed by atoms with E-state index in [0.29, 0.717) is 22.3 Å². The molecule has 4 rings (SSSR count). The van der Waals surface area contributed by atoms with Crippen molar-refractivity contribution >= 4 is 39.2 Å². The minimum atomic E-state index is -0.559. The van der Waals surface area contributed by atoms with Crippen molar-refractivity contribution in [1.82, 2.24) is 9.13 Å². The molecule has 0 unspecified atom stereocenters. The third-order valence-electron chi connectivity index (χ3n) is 4.32. The molecule has 27 heavy (non-hydrogen) atoms. The van der Waals surface area contributed by atoms with Gasteiger partial charge in [-0.25, -0.2) is 4.79 Å². The second-order valence-corrected chi connectivity index (χ2v) is 7.10. The first-order valence-electron chi connectivity index (χ1n) is 8.12. The summed E-state index contributed by atoms with van der Waals surface area (Å²) in [4.78, 5) is 25.6. The van der Waals surface area contributed by atoms with Crippen LogP contribution < -0.4 is 11.2 Å². The lowest BCUT2D eigenvalue weighted by Crippen LogP contribution is -2.26. The van der Waals surface area contributed by atoms with Crippen LogP contribution in [0.15, 0.2) is 79.1 Å². The number of rotatable bonds is 2. The van der Waals surface area contributed by atoms with E-state index in [4.69, 9.17) is 16.6 Å². The zero-order valence-corrected chi connectivity index (χ0v) is 16.6. The van der Waals surface area contributed by atoms with Gasteiger partial charge in [-0.2, -0.15) is 0 Å². The molecule has 0 aliphatic heterocycles. The van der Waals surface area contributed by atoms with Crippen molar-refractivity contribution in [3.63, 3.8) is 0 Å². The van der Waals surface area contributed by atoms with E-state index in [1.807, 2.05) is 60.7 Å². The van der Waals surface area contributed by atoms with Gasteiger partial charge in [0.25, 0.3) is 5.56 Å². The fourth-order valence-electron chi connectivity index (χ4n) is 3.01. The van der Waals surface area contributed by atoms with Crippen molar-refractivity contribution in [1.29, 1.82) is 0 Å². The third kappa shape index (κ3) is 2.79. The standard InChI is InChI=1S/C20H13BrN2O3S/c1-12-15-17(24)22(13-8-4-2-5-9-13)20(27)23(14-10-6-3-7-11-14)18(15)26-19(25)16(12)21/h2-11H,1H3. The lowest BCUT2D eigenvalue weighted by molar-refractivity contribution is 0.529. The van der Waals surface area contributed by atoms with Gasteiger partial charge in [0, 0.05) is 0 Å². The molecule has 0 atom stereocenters. The summed E-state index contributed by atoms with van der Waals surface area (Å²) in [5.74, 6) is 0. The molecule has 0 amide bonds. The minimum Gasteiger partial charge on any atom is -0.404 e. The van der Waals surface area contributed by atoms with Gasteiger partial charge in [0.05, 0.1) is 11.4 Å². The van der Waals surface area contributed by atoms with Gasteiger partial charge < -0.3 is 4.42 Å². The predicted octanol–water partition coefficient (Wildman–Crippen LogP) is 4.54. The molecule has 0 aliphatic carbocycles. The Morgan fingerprint density at radius 1 is 0.889 bits per heavy atom. The summed E-state index contributed by atoms with van der Waals surface area (Å²) in [5, 5.41) is 0.294. The van der Waals surface area contributed by atoms with E-state index < -0.39 is 5.63 Å². The van der Waals surface area contributed by atoms with E-state index in [1.165, 1.54) is 4.57 Å². The van der Waals surface area contributed by atoms with Crippen molar-refractivity contribution in [3.8, 4) is 11.4 Å². The quantitative estimate of drug-likeness (QED) is 0.429. The molecule has 0 spiro atoms. The summed E-state index contributed by atoms with van der Waals surface area (Å²) >= 11 is 8.87. The van der Waals surface area contributed by atoms with Crippen molar-refractivity contribution in [2.24, 2.45) is 0 Å². The zero-order valence-electron chi connectivity index (χ0n) is 14.2. The second-order valence-electron chi connectivity index (χ2n) is 5.94. The first kappa shape index (κ1) is 17.6. The number of benzene rings is 2. The summed E-state index contributed by atoms with van der Waals surface area (Å²) in [6.07, 6.45) is 0. The molecule has 5 nitrogen and oxygen atoms in total. The lowest BCUT2D eigenvalue weighted by atomic mass is 10.2. The van der Waals surface area contributed by atoms with Gasteiger partial charge in [-0.3, -0.25) is 13.9 Å². The molecule has 0 N–H and O–H groups in total. The smallest absolute Gasteiger partial charge is 0.352 e. The van der Waals surface area contributed by atoms with E-state index in [2.05, 4.69) is 15.9 Å². The highest BCUT2D eigenvalue weighted by molar-refractivity contribution is 9.10. The van der Waals surface area contributed by atoms with Crippen LogP contribution in [0.2, 0.25) is 0 Å². The molecule has 0 fully saturated rings. The van der Waals surface area contributed by atoms with Gasteiger partial charge in [-0.15, -0.1) is 0 Å². The molecule has 4 aromatic rings. The Morgan fingerprint density at radius 3 is 1.96 bits per heavy atom. The van der Waals surface area contributed by atoms with Gasteiger partial charge >= 0.3 is 5.63 Å². The molecule has 0 radical (unpaired) electrons. The monoisotopic (exact) mass is 440 g/mol. The third-order valence-corrected chi connectivity index (χ3v) is 5.60.